The third kappa shape index (κ3) is 4.68. The Morgan fingerprint density at radius 1 is 1.20 bits per heavy atom. The van der Waals surface area contributed by atoms with Crippen molar-refractivity contribution in [2.24, 2.45) is 5.92 Å². The van der Waals surface area contributed by atoms with Crippen molar-refractivity contribution in [1.82, 2.24) is 14.5 Å². The van der Waals surface area contributed by atoms with Crippen molar-refractivity contribution in [2.45, 2.75) is 55.6 Å². The summed E-state index contributed by atoms with van der Waals surface area (Å²) in [6, 6.07) is 7.20. The number of aromatic nitrogens is 1. The summed E-state index contributed by atoms with van der Waals surface area (Å²) < 4.78 is 39.1. The molecule has 210 valence electrons. The molecule has 0 radical (unpaired) electrons. The normalized spacial score (nSPS) is 21.9. The van der Waals surface area contributed by atoms with Crippen LogP contribution in [-0.4, -0.2) is 66.6 Å². The molecule has 12 nitrogen and oxygen atoms in total. The number of carbonyl (C=O) groups is 3. The van der Waals surface area contributed by atoms with Gasteiger partial charge in [0.2, 0.25) is 15.9 Å². The first-order valence-electron chi connectivity index (χ1n) is 13.1. The molecule has 1 N–H and O–H groups in total. The van der Waals surface area contributed by atoms with E-state index in [4.69, 9.17) is 9.15 Å². The number of ketones is 1. The van der Waals surface area contributed by atoms with Crippen LogP contribution in [0, 0.1) is 18.0 Å². The number of likely N-dealkylation sites (tertiary alicyclic amines) is 1. The molecule has 1 aromatic carbocycles. The van der Waals surface area contributed by atoms with Gasteiger partial charge in [-0.1, -0.05) is 31.0 Å². The number of carbonyl (C=O) groups excluding carboxylic acids is 3. The molecule has 40 heavy (non-hydrogen) atoms. The van der Waals surface area contributed by atoms with Gasteiger partial charge >= 0.3 is 6.09 Å². The first-order valence-corrected chi connectivity index (χ1v) is 14.6. The average molecular weight is 569 g/mol. The van der Waals surface area contributed by atoms with Crippen molar-refractivity contribution < 1.29 is 36.7 Å². The molecule has 6 rings (SSSR count). The second kappa shape index (κ2) is 9.89. The number of amides is 2. The largest absolute Gasteiger partial charge is 0.619 e. The molecule has 0 bridgehead atoms. The van der Waals surface area contributed by atoms with E-state index in [9.17, 15) is 28.0 Å². The number of Topliss-reactive ketones (excluding diaryl/α,β-unsaturated/α-hetero) is 1. The van der Waals surface area contributed by atoms with E-state index in [1.165, 1.54) is 23.2 Å². The predicted octanol–water partition coefficient (Wildman–Crippen LogP) is 1.87. The fraction of sp³-hybridized carbons (Fsp3) is 0.407. The van der Waals surface area contributed by atoms with Gasteiger partial charge in [-0.2, -0.15) is 9.04 Å². The third-order valence-electron chi connectivity index (χ3n) is 7.86. The van der Waals surface area contributed by atoms with Gasteiger partial charge < -0.3 is 24.6 Å². The number of furan rings is 1. The molecule has 2 aromatic heterocycles. The first kappa shape index (κ1) is 26.3. The van der Waals surface area contributed by atoms with Crippen molar-refractivity contribution >= 4 is 38.8 Å². The fourth-order valence-electron chi connectivity index (χ4n) is 5.68. The number of para-hydroxylation sites is 1. The second-order valence-electron chi connectivity index (χ2n) is 10.5. The highest BCUT2D eigenvalue weighted by Crippen LogP contribution is 2.37. The molecule has 2 aliphatic heterocycles. The lowest BCUT2D eigenvalue weighted by Gasteiger charge is -2.28. The molecule has 2 amide bonds. The van der Waals surface area contributed by atoms with Gasteiger partial charge in [0, 0.05) is 23.6 Å². The van der Waals surface area contributed by atoms with Crippen LogP contribution in [0.15, 0.2) is 58.1 Å². The Morgan fingerprint density at radius 2 is 1.98 bits per heavy atom. The van der Waals surface area contributed by atoms with Gasteiger partial charge in [-0.15, -0.1) is 0 Å². The van der Waals surface area contributed by atoms with Crippen LogP contribution < -0.4 is 14.8 Å². The van der Waals surface area contributed by atoms with Crippen LogP contribution in [0.5, 0.6) is 5.95 Å². The van der Waals surface area contributed by atoms with Crippen molar-refractivity contribution in [3.8, 4) is 5.95 Å². The summed E-state index contributed by atoms with van der Waals surface area (Å²) in [5.41, 5.74) is 1.22. The van der Waals surface area contributed by atoms with E-state index in [0.717, 1.165) is 28.7 Å². The predicted molar refractivity (Wildman–Crippen MR) is 139 cm³/mol. The summed E-state index contributed by atoms with van der Waals surface area (Å²) in [5.74, 6) is -0.573. The Hall–Kier alpha value is -3.97. The Balaban J connectivity index is 1.19. The van der Waals surface area contributed by atoms with E-state index in [2.05, 4.69) is 5.32 Å². The van der Waals surface area contributed by atoms with Crippen molar-refractivity contribution in [1.29, 1.82) is 0 Å². The van der Waals surface area contributed by atoms with Crippen LogP contribution in [0.3, 0.4) is 0 Å². The minimum Gasteiger partial charge on any atom is -0.619 e. The number of pyridine rings is 1. The number of rotatable bonds is 7. The van der Waals surface area contributed by atoms with E-state index in [-0.39, 0.29) is 29.7 Å². The third-order valence-corrected chi connectivity index (χ3v) is 9.71. The number of benzene rings is 1. The van der Waals surface area contributed by atoms with Crippen LogP contribution in [0.4, 0.5) is 4.79 Å². The zero-order chi connectivity index (χ0) is 28.2. The summed E-state index contributed by atoms with van der Waals surface area (Å²) >= 11 is 0. The lowest BCUT2D eigenvalue weighted by atomic mass is 10.1. The number of aryl methyl sites for hydroxylation is 1. The van der Waals surface area contributed by atoms with Gasteiger partial charge in [-0.05, 0) is 37.8 Å². The van der Waals surface area contributed by atoms with Gasteiger partial charge in [-0.25, -0.2) is 13.2 Å². The quantitative estimate of drug-likeness (QED) is 0.335. The molecule has 2 saturated heterocycles. The van der Waals surface area contributed by atoms with Crippen molar-refractivity contribution in [2.75, 3.05) is 13.1 Å². The zero-order valence-corrected chi connectivity index (χ0v) is 22.5. The molecule has 13 heteroatoms. The SMILES string of the molecule is Cc1c(OC(=O)NC(CC2CC2)C(=O)N2CCC3C2C(=O)CN3S(=O)(=O)c2ccc[n+]([O-])c2)oc2ccccc12. The molecule has 1 saturated carbocycles. The number of nitrogens with zero attached hydrogens (tertiary/aromatic N) is 3. The van der Waals surface area contributed by atoms with E-state index < -0.39 is 52.5 Å². The Labute approximate surface area is 230 Å². The lowest BCUT2D eigenvalue weighted by Crippen LogP contribution is -2.53. The first-order chi connectivity index (χ1) is 19.1. The van der Waals surface area contributed by atoms with E-state index in [1.807, 2.05) is 12.1 Å². The highest BCUT2D eigenvalue weighted by molar-refractivity contribution is 7.89. The highest BCUT2D eigenvalue weighted by Gasteiger charge is 2.55. The number of hydrogen-bond donors (Lipinski definition) is 1. The Bertz CT molecular complexity index is 1620. The molecule has 0 spiro atoms. The smallest absolute Gasteiger partial charge is 0.415 e. The van der Waals surface area contributed by atoms with Gasteiger partial charge in [-0.3, -0.25) is 9.59 Å². The van der Waals surface area contributed by atoms with Gasteiger partial charge in [0.05, 0.1) is 12.6 Å². The maximum atomic E-state index is 13.7. The Kier molecular flexibility index (Phi) is 6.50. The zero-order valence-electron chi connectivity index (χ0n) is 21.7. The van der Waals surface area contributed by atoms with Gasteiger partial charge in [0.1, 0.15) is 22.6 Å². The molecule has 4 heterocycles. The number of hydrogen-bond acceptors (Lipinski definition) is 8. The van der Waals surface area contributed by atoms with E-state index in [0.29, 0.717) is 22.3 Å². The number of nitrogens with one attached hydrogen (secondary N) is 1. The molecule has 3 atom stereocenters. The summed E-state index contributed by atoms with van der Waals surface area (Å²) in [7, 11) is -4.14. The van der Waals surface area contributed by atoms with Crippen LogP contribution >= 0.6 is 0 Å². The standard InChI is InChI=1S/C27H28N4O8S/c1-16-19-6-2-3-7-23(19)38-26(16)39-27(34)28-20(13-17-8-9-17)25(33)30-12-10-21-24(30)22(32)15-31(21)40(36,37)18-5-4-11-29(35)14-18/h2-7,11,14,17,20-21,24H,8-10,12-13,15H2,1H3,(H,28,34). The molecule has 3 aliphatic rings. The molecule has 1 aliphatic carbocycles. The second-order valence-corrected chi connectivity index (χ2v) is 12.4. The molecular weight excluding hydrogens is 540 g/mol. The maximum absolute atomic E-state index is 13.7. The summed E-state index contributed by atoms with van der Waals surface area (Å²) in [5, 5.41) is 15.1. The Morgan fingerprint density at radius 3 is 2.70 bits per heavy atom. The van der Waals surface area contributed by atoms with Gasteiger partial charge in [0.25, 0.3) is 5.95 Å². The molecular formula is C27H28N4O8S. The minimum absolute atomic E-state index is 0.0321. The fourth-order valence-corrected chi connectivity index (χ4v) is 7.31. The minimum atomic E-state index is -4.14. The van der Waals surface area contributed by atoms with Crippen LogP contribution in [0.25, 0.3) is 11.0 Å². The number of fused-ring (bicyclic) bond motifs is 2. The highest BCUT2D eigenvalue weighted by atomic mass is 32.2. The van der Waals surface area contributed by atoms with E-state index >= 15 is 0 Å². The molecule has 3 aromatic rings. The maximum Gasteiger partial charge on any atom is 0.415 e. The van der Waals surface area contributed by atoms with E-state index in [1.54, 1.807) is 19.1 Å². The number of ether oxygens (including phenoxy) is 1. The lowest BCUT2D eigenvalue weighted by molar-refractivity contribution is -0.607. The molecule has 3 unspecified atom stereocenters. The van der Waals surface area contributed by atoms with Crippen molar-refractivity contribution in [3.63, 3.8) is 0 Å². The van der Waals surface area contributed by atoms with Crippen molar-refractivity contribution in [3.05, 3.63) is 59.6 Å². The van der Waals surface area contributed by atoms with Crippen LogP contribution in [0.2, 0.25) is 0 Å². The number of sulfonamides is 1. The topological polar surface area (TPSA) is 153 Å². The summed E-state index contributed by atoms with van der Waals surface area (Å²) in [6.07, 6.45) is 3.74. The molecule has 3 fully saturated rings. The van der Waals surface area contributed by atoms with Gasteiger partial charge in [0.15, 0.2) is 18.2 Å². The van der Waals surface area contributed by atoms with Crippen LogP contribution in [-0.2, 0) is 19.6 Å². The summed E-state index contributed by atoms with van der Waals surface area (Å²) in [4.78, 5) is 40.8. The van der Waals surface area contributed by atoms with Crippen LogP contribution in [0.1, 0.15) is 31.2 Å². The summed E-state index contributed by atoms with van der Waals surface area (Å²) in [6.45, 7) is 1.52. The average Bonchev–Trinajstić information content (AvgIpc) is 3.40. The monoisotopic (exact) mass is 568 g/mol.